The highest BCUT2D eigenvalue weighted by molar-refractivity contribution is 7.19. The minimum Gasteiger partial charge on any atom is -0.344 e. The van der Waals surface area contributed by atoms with Crippen molar-refractivity contribution in [3.05, 3.63) is 37.4 Å². The molecule has 0 fully saturated rings. The van der Waals surface area contributed by atoms with Crippen molar-refractivity contribution in [2.24, 2.45) is 0 Å². The molecule has 2 aromatic heterocycles. The molecule has 22 heavy (non-hydrogen) atoms. The van der Waals surface area contributed by atoms with Crippen molar-refractivity contribution in [1.82, 2.24) is 4.90 Å². The van der Waals surface area contributed by atoms with E-state index in [1.165, 1.54) is 4.90 Å². The summed E-state index contributed by atoms with van der Waals surface area (Å²) in [5.74, 6) is -0.544. The molecular formula is C14H12ClN3O2S2. The highest BCUT2D eigenvalue weighted by Gasteiger charge is 2.23. The minimum atomic E-state index is -0.349. The number of carbonyl (C=O) groups is 2. The zero-order valence-electron chi connectivity index (χ0n) is 12.1. The van der Waals surface area contributed by atoms with Crippen LogP contribution < -0.4 is 5.32 Å². The van der Waals surface area contributed by atoms with Crippen molar-refractivity contribution in [3.8, 4) is 6.07 Å². The lowest BCUT2D eigenvalue weighted by Gasteiger charge is -2.08. The smallest absolute Gasteiger partial charge is 0.266 e. The van der Waals surface area contributed by atoms with Gasteiger partial charge in [0.05, 0.1) is 19.7 Å². The molecule has 0 aliphatic rings. The van der Waals surface area contributed by atoms with Crippen molar-refractivity contribution in [1.29, 1.82) is 5.26 Å². The van der Waals surface area contributed by atoms with Gasteiger partial charge in [-0.25, -0.2) is 0 Å². The third kappa shape index (κ3) is 3.14. The Kier molecular flexibility index (Phi) is 4.86. The molecule has 0 aliphatic carbocycles. The number of nitriles is 1. The molecule has 0 radical (unpaired) electrons. The molecule has 0 aliphatic heterocycles. The van der Waals surface area contributed by atoms with E-state index in [9.17, 15) is 14.9 Å². The van der Waals surface area contributed by atoms with E-state index in [1.54, 1.807) is 33.2 Å². The predicted molar refractivity (Wildman–Crippen MR) is 89.1 cm³/mol. The Balaban J connectivity index is 2.35. The first-order valence-corrected chi connectivity index (χ1v) is 8.18. The van der Waals surface area contributed by atoms with Crippen molar-refractivity contribution in [3.63, 3.8) is 0 Å². The molecule has 0 aromatic carbocycles. The summed E-state index contributed by atoms with van der Waals surface area (Å²) >= 11 is 8.06. The normalized spacial score (nSPS) is 10.1. The van der Waals surface area contributed by atoms with Gasteiger partial charge in [-0.2, -0.15) is 5.26 Å². The van der Waals surface area contributed by atoms with Crippen molar-refractivity contribution >= 4 is 51.1 Å². The summed E-state index contributed by atoms with van der Waals surface area (Å²) in [5.41, 5.74) is 0.886. The SMILES string of the molecule is Cc1c(C(=O)N(C)C)sc(NC(=O)c2ccc(Cl)s2)c1C#N. The van der Waals surface area contributed by atoms with Gasteiger partial charge in [-0.05, 0) is 24.6 Å². The number of amides is 2. The zero-order valence-corrected chi connectivity index (χ0v) is 14.4. The zero-order chi connectivity index (χ0) is 16.4. The van der Waals surface area contributed by atoms with Gasteiger partial charge in [-0.15, -0.1) is 22.7 Å². The minimum absolute atomic E-state index is 0.196. The highest BCUT2D eigenvalue weighted by Crippen LogP contribution is 2.34. The monoisotopic (exact) mass is 353 g/mol. The number of thiophene rings is 2. The van der Waals surface area contributed by atoms with Crippen LogP contribution in [0.4, 0.5) is 5.00 Å². The molecule has 2 heterocycles. The molecule has 0 bridgehead atoms. The number of rotatable bonds is 3. The van der Waals surface area contributed by atoms with E-state index in [-0.39, 0.29) is 11.8 Å². The van der Waals surface area contributed by atoms with Crippen LogP contribution in [0, 0.1) is 18.3 Å². The Hall–Kier alpha value is -1.88. The number of nitrogens with zero attached hydrogens (tertiary/aromatic N) is 2. The van der Waals surface area contributed by atoms with Gasteiger partial charge in [0.25, 0.3) is 11.8 Å². The van der Waals surface area contributed by atoms with Crippen molar-refractivity contribution in [2.75, 3.05) is 19.4 Å². The fourth-order valence-corrected chi connectivity index (χ4v) is 3.86. The summed E-state index contributed by atoms with van der Waals surface area (Å²) in [7, 11) is 3.28. The number of halogens is 1. The van der Waals surface area contributed by atoms with E-state index in [0.29, 0.717) is 30.2 Å². The second-order valence-electron chi connectivity index (χ2n) is 4.63. The molecule has 114 valence electrons. The van der Waals surface area contributed by atoms with Crippen LogP contribution in [0.25, 0.3) is 0 Å². The summed E-state index contributed by atoms with van der Waals surface area (Å²) in [6.45, 7) is 1.70. The third-order valence-corrected chi connectivity index (χ3v) is 5.31. The van der Waals surface area contributed by atoms with E-state index >= 15 is 0 Å². The Labute approximate surface area is 140 Å². The first-order chi connectivity index (χ1) is 10.3. The second-order valence-corrected chi connectivity index (χ2v) is 7.37. The van der Waals surface area contributed by atoms with E-state index in [0.717, 1.165) is 22.7 Å². The number of nitrogens with one attached hydrogen (secondary N) is 1. The maximum Gasteiger partial charge on any atom is 0.266 e. The topological polar surface area (TPSA) is 73.2 Å². The molecular weight excluding hydrogens is 342 g/mol. The number of anilines is 1. The fraction of sp³-hybridized carbons (Fsp3) is 0.214. The largest absolute Gasteiger partial charge is 0.344 e. The van der Waals surface area contributed by atoms with Crippen LogP contribution in [-0.4, -0.2) is 30.8 Å². The van der Waals surface area contributed by atoms with Gasteiger partial charge in [0.1, 0.15) is 11.1 Å². The van der Waals surface area contributed by atoms with Gasteiger partial charge >= 0.3 is 0 Å². The van der Waals surface area contributed by atoms with Gasteiger partial charge in [-0.1, -0.05) is 11.6 Å². The molecule has 5 nitrogen and oxygen atoms in total. The molecule has 2 rings (SSSR count). The predicted octanol–water partition coefficient (Wildman–Crippen LogP) is 3.60. The van der Waals surface area contributed by atoms with Crippen LogP contribution in [-0.2, 0) is 0 Å². The standard InChI is InChI=1S/C14H12ClN3O2S2/c1-7-8(6-16)13(22-11(7)14(20)18(2)3)17-12(19)9-4-5-10(15)21-9/h4-5H,1-3H3,(H,17,19). The molecule has 2 amide bonds. The lowest BCUT2D eigenvalue weighted by molar-refractivity contribution is 0.0831. The Morgan fingerprint density at radius 3 is 2.50 bits per heavy atom. The summed E-state index contributed by atoms with van der Waals surface area (Å²) < 4.78 is 0.511. The first-order valence-electron chi connectivity index (χ1n) is 6.17. The number of hydrogen-bond donors (Lipinski definition) is 1. The van der Waals surface area contributed by atoms with Gasteiger partial charge < -0.3 is 10.2 Å². The van der Waals surface area contributed by atoms with E-state index < -0.39 is 0 Å². The van der Waals surface area contributed by atoms with Gasteiger partial charge in [0.2, 0.25) is 0 Å². The molecule has 2 aromatic rings. The van der Waals surface area contributed by atoms with Crippen LogP contribution in [0.1, 0.15) is 30.5 Å². The second kappa shape index (κ2) is 6.48. The van der Waals surface area contributed by atoms with Crippen LogP contribution in [0.5, 0.6) is 0 Å². The quantitative estimate of drug-likeness (QED) is 0.916. The molecule has 0 saturated carbocycles. The van der Waals surface area contributed by atoms with E-state index in [2.05, 4.69) is 5.32 Å². The maximum absolute atomic E-state index is 12.2. The summed E-state index contributed by atoms with van der Waals surface area (Å²) in [4.78, 5) is 26.6. The molecule has 0 spiro atoms. The van der Waals surface area contributed by atoms with Crippen LogP contribution in [0.15, 0.2) is 12.1 Å². The lowest BCUT2D eigenvalue weighted by atomic mass is 10.1. The van der Waals surface area contributed by atoms with Gasteiger partial charge in [0, 0.05) is 14.1 Å². The lowest BCUT2D eigenvalue weighted by Crippen LogP contribution is -2.21. The summed E-state index contributed by atoms with van der Waals surface area (Å²) in [6.07, 6.45) is 0. The fourth-order valence-electron chi connectivity index (χ4n) is 1.74. The summed E-state index contributed by atoms with van der Waals surface area (Å²) in [5, 5.41) is 12.3. The maximum atomic E-state index is 12.2. The van der Waals surface area contributed by atoms with Gasteiger partial charge in [0.15, 0.2) is 0 Å². The van der Waals surface area contributed by atoms with Crippen molar-refractivity contribution < 1.29 is 9.59 Å². The van der Waals surface area contributed by atoms with Crippen LogP contribution in [0.3, 0.4) is 0 Å². The van der Waals surface area contributed by atoms with Crippen molar-refractivity contribution in [2.45, 2.75) is 6.92 Å². The average Bonchev–Trinajstić information content (AvgIpc) is 3.02. The van der Waals surface area contributed by atoms with E-state index in [1.807, 2.05) is 6.07 Å². The first kappa shape index (κ1) is 16.5. The average molecular weight is 354 g/mol. The third-order valence-electron chi connectivity index (χ3n) is 2.88. The molecule has 0 saturated heterocycles. The molecule has 0 unspecified atom stereocenters. The number of hydrogen-bond acceptors (Lipinski definition) is 5. The summed E-state index contributed by atoms with van der Waals surface area (Å²) in [6, 6.07) is 5.29. The highest BCUT2D eigenvalue weighted by atomic mass is 35.5. The van der Waals surface area contributed by atoms with Crippen LogP contribution in [0.2, 0.25) is 4.34 Å². The molecule has 0 atom stereocenters. The molecule has 8 heteroatoms. The van der Waals surface area contributed by atoms with Gasteiger partial charge in [-0.3, -0.25) is 9.59 Å². The Morgan fingerprint density at radius 2 is 2.00 bits per heavy atom. The Bertz CT molecular complexity index is 787. The Morgan fingerprint density at radius 1 is 1.32 bits per heavy atom. The van der Waals surface area contributed by atoms with E-state index in [4.69, 9.17) is 11.6 Å². The number of carbonyl (C=O) groups excluding carboxylic acids is 2. The molecule has 1 N–H and O–H groups in total. The van der Waals surface area contributed by atoms with Crippen LogP contribution >= 0.6 is 34.3 Å².